The molecule has 1 aliphatic carbocycles. The first kappa shape index (κ1) is 25.4. The van der Waals surface area contributed by atoms with E-state index in [9.17, 15) is 4.79 Å². The Hall–Kier alpha value is -3.91. The molecule has 6 rings (SSSR count). The highest BCUT2D eigenvalue weighted by atomic mass is 16.1. The van der Waals surface area contributed by atoms with Crippen molar-refractivity contribution in [1.29, 1.82) is 0 Å². The Balaban J connectivity index is 1.37. The van der Waals surface area contributed by atoms with Crippen molar-refractivity contribution in [3.05, 3.63) is 82.3 Å². The summed E-state index contributed by atoms with van der Waals surface area (Å²) in [4.78, 5) is 27.6. The van der Waals surface area contributed by atoms with Crippen molar-refractivity contribution < 1.29 is 0 Å². The minimum absolute atomic E-state index is 0.105. The van der Waals surface area contributed by atoms with Gasteiger partial charge in [0.15, 0.2) is 5.65 Å². The zero-order valence-corrected chi connectivity index (χ0v) is 23.4. The number of nitrogens with zero attached hydrogens (tertiary/aromatic N) is 6. The van der Waals surface area contributed by atoms with Gasteiger partial charge in [0, 0.05) is 43.8 Å². The molecule has 202 valence electrons. The average molecular weight is 524 g/mol. The number of piperazine rings is 1. The summed E-state index contributed by atoms with van der Waals surface area (Å²) in [5, 5.41) is 3.86. The van der Waals surface area contributed by atoms with Crippen molar-refractivity contribution in [1.82, 2.24) is 24.2 Å². The number of rotatable bonds is 6. The van der Waals surface area contributed by atoms with Crippen LogP contribution in [0.15, 0.2) is 60.0 Å². The fraction of sp³-hybridized carbons (Fsp3) is 0.387. The van der Waals surface area contributed by atoms with E-state index < -0.39 is 0 Å². The molecule has 1 fully saturated rings. The third-order valence-corrected chi connectivity index (χ3v) is 8.36. The van der Waals surface area contributed by atoms with Crippen LogP contribution in [0, 0.1) is 6.92 Å². The number of hydrogen-bond donors (Lipinski definition) is 1. The molecule has 0 atom stereocenters. The van der Waals surface area contributed by atoms with Crippen LogP contribution < -0.4 is 15.8 Å². The summed E-state index contributed by atoms with van der Waals surface area (Å²) in [7, 11) is 2.17. The smallest absolute Gasteiger partial charge is 0.278 e. The van der Waals surface area contributed by atoms with Crippen LogP contribution in [-0.2, 0) is 18.4 Å². The number of aryl methyl sites for hydroxylation is 2. The molecule has 0 spiro atoms. The van der Waals surface area contributed by atoms with Crippen molar-refractivity contribution in [2.75, 3.05) is 43.4 Å². The van der Waals surface area contributed by atoms with Crippen LogP contribution in [0.5, 0.6) is 0 Å². The lowest BCUT2D eigenvalue weighted by atomic mass is 9.86. The van der Waals surface area contributed by atoms with Gasteiger partial charge in [0.2, 0.25) is 5.95 Å². The van der Waals surface area contributed by atoms with Gasteiger partial charge in [-0.2, -0.15) is 4.98 Å². The van der Waals surface area contributed by atoms with Crippen molar-refractivity contribution in [2.45, 2.75) is 45.6 Å². The lowest BCUT2D eigenvalue weighted by Crippen LogP contribution is -2.44. The standard InChI is InChI=1S/C31H37N7O/c1-6-13-37-29(39)25-20-32-30(33-23-8-10-27(21(2)18-23)36-16-14-35(5)15-17-36)34-28(25)38(37)24-9-7-22-11-12-31(3,4)26(22)19-24/h6-10,18-20H,1,11-17H2,2-5H3,(H,32,33,34). The second-order valence-electron chi connectivity index (χ2n) is 11.6. The molecule has 0 saturated carbocycles. The number of aromatic nitrogens is 4. The molecule has 1 saturated heterocycles. The summed E-state index contributed by atoms with van der Waals surface area (Å²) < 4.78 is 3.61. The van der Waals surface area contributed by atoms with Gasteiger partial charge in [0.05, 0.1) is 12.2 Å². The zero-order valence-electron chi connectivity index (χ0n) is 23.4. The highest BCUT2D eigenvalue weighted by molar-refractivity contribution is 5.77. The molecule has 3 heterocycles. The molecule has 1 aliphatic heterocycles. The van der Waals surface area contributed by atoms with Gasteiger partial charge in [0.1, 0.15) is 5.39 Å². The van der Waals surface area contributed by atoms with E-state index in [1.807, 2.05) is 4.68 Å². The number of anilines is 3. The van der Waals surface area contributed by atoms with Gasteiger partial charge in [-0.05, 0) is 79.3 Å². The number of fused-ring (bicyclic) bond motifs is 2. The minimum atomic E-state index is -0.122. The Kier molecular flexibility index (Phi) is 6.30. The number of benzene rings is 2. The van der Waals surface area contributed by atoms with Gasteiger partial charge in [-0.1, -0.05) is 26.0 Å². The molecular formula is C31H37N7O. The SMILES string of the molecule is C=CCn1c(=O)c2cnc(Nc3ccc(N4CCN(C)CC4)c(C)c3)nc2n1-c1ccc2c(c1)C(C)(C)CC2. The lowest BCUT2D eigenvalue weighted by Gasteiger charge is -2.35. The first-order valence-corrected chi connectivity index (χ1v) is 13.8. The molecule has 8 nitrogen and oxygen atoms in total. The van der Waals surface area contributed by atoms with E-state index in [1.165, 1.54) is 22.4 Å². The predicted molar refractivity (Wildman–Crippen MR) is 159 cm³/mol. The zero-order chi connectivity index (χ0) is 27.3. The van der Waals surface area contributed by atoms with Gasteiger partial charge >= 0.3 is 0 Å². The monoisotopic (exact) mass is 523 g/mol. The van der Waals surface area contributed by atoms with Crippen LogP contribution in [-0.4, -0.2) is 57.5 Å². The minimum Gasteiger partial charge on any atom is -0.369 e. The second-order valence-corrected chi connectivity index (χ2v) is 11.6. The molecule has 2 aromatic heterocycles. The summed E-state index contributed by atoms with van der Waals surface area (Å²) >= 11 is 0. The van der Waals surface area contributed by atoms with Gasteiger partial charge in [0.25, 0.3) is 5.56 Å². The molecule has 0 unspecified atom stereocenters. The van der Waals surface area contributed by atoms with Gasteiger partial charge in [-0.25, -0.2) is 14.3 Å². The summed E-state index contributed by atoms with van der Waals surface area (Å²) in [5.74, 6) is 0.459. The van der Waals surface area contributed by atoms with Gasteiger partial charge in [-0.3, -0.25) is 4.79 Å². The van der Waals surface area contributed by atoms with Crippen molar-refractivity contribution >= 4 is 28.4 Å². The van der Waals surface area contributed by atoms with E-state index in [0.29, 0.717) is 23.5 Å². The quantitative estimate of drug-likeness (QED) is 0.366. The maximum absolute atomic E-state index is 13.4. The molecule has 0 radical (unpaired) electrons. The fourth-order valence-electron chi connectivity index (χ4n) is 6.03. The molecule has 39 heavy (non-hydrogen) atoms. The molecule has 2 aliphatic rings. The summed E-state index contributed by atoms with van der Waals surface area (Å²) in [6, 6.07) is 12.9. The summed E-state index contributed by atoms with van der Waals surface area (Å²) in [5.41, 5.74) is 7.60. The number of nitrogens with one attached hydrogen (secondary N) is 1. The topological polar surface area (TPSA) is 71.2 Å². The number of allylic oxidation sites excluding steroid dienone is 1. The molecular weight excluding hydrogens is 486 g/mol. The maximum atomic E-state index is 13.4. The predicted octanol–water partition coefficient (Wildman–Crippen LogP) is 4.80. The van der Waals surface area contributed by atoms with E-state index in [4.69, 9.17) is 4.98 Å². The largest absolute Gasteiger partial charge is 0.369 e. The molecule has 8 heteroatoms. The Labute approximate surface area is 229 Å². The van der Waals surface area contributed by atoms with Crippen LogP contribution in [0.1, 0.15) is 37.0 Å². The van der Waals surface area contributed by atoms with Crippen LogP contribution in [0.25, 0.3) is 16.7 Å². The Morgan fingerprint density at radius 3 is 2.64 bits per heavy atom. The van der Waals surface area contributed by atoms with E-state index in [0.717, 1.165) is 50.4 Å². The van der Waals surface area contributed by atoms with Crippen LogP contribution in [0.2, 0.25) is 0 Å². The van der Waals surface area contributed by atoms with E-state index in [-0.39, 0.29) is 11.0 Å². The highest BCUT2D eigenvalue weighted by Crippen LogP contribution is 2.39. The van der Waals surface area contributed by atoms with E-state index in [1.54, 1.807) is 17.0 Å². The van der Waals surface area contributed by atoms with E-state index in [2.05, 4.69) is 90.9 Å². The third-order valence-electron chi connectivity index (χ3n) is 8.36. The lowest BCUT2D eigenvalue weighted by molar-refractivity contribution is 0.312. The number of hydrogen-bond acceptors (Lipinski definition) is 6. The van der Waals surface area contributed by atoms with Crippen LogP contribution in [0.3, 0.4) is 0 Å². The Bertz CT molecular complexity index is 1620. The second kappa shape index (κ2) is 9.68. The molecule has 0 bridgehead atoms. The molecule has 1 N–H and O–H groups in total. The number of likely N-dealkylation sites (N-methyl/N-ethyl adjacent to an activating group) is 1. The summed E-state index contributed by atoms with van der Waals surface area (Å²) in [6.07, 6.45) is 5.58. The molecule has 0 amide bonds. The van der Waals surface area contributed by atoms with Crippen molar-refractivity contribution in [2.24, 2.45) is 0 Å². The third kappa shape index (κ3) is 4.52. The van der Waals surface area contributed by atoms with Crippen LogP contribution in [0.4, 0.5) is 17.3 Å². The van der Waals surface area contributed by atoms with Gasteiger partial charge in [-0.15, -0.1) is 6.58 Å². The van der Waals surface area contributed by atoms with Gasteiger partial charge < -0.3 is 15.1 Å². The van der Waals surface area contributed by atoms with Crippen molar-refractivity contribution in [3.8, 4) is 5.69 Å². The van der Waals surface area contributed by atoms with Crippen molar-refractivity contribution in [3.63, 3.8) is 0 Å². The fourth-order valence-corrected chi connectivity index (χ4v) is 6.03. The Morgan fingerprint density at radius 2 is 1.90 bits per heavy atom. The first-order chi connectivity index (χ1) is 18.7. The summed E-state index contributed by atoms with van der Waals surface area (Å²) in [6.45, 7) is 15.2. The first-order valence-electron chi connectivity index (χ1n) is 13.8. The van der Waals surface area contributed by atoms with E-state index >= 15 is 0 Å². The Morgan fingerprint density at radius 1 is 1.10 bits per heavy atom. The normalized spacial score (nSPS) is 17.0. The average Bonchev–Trinajstić information content (AvgIpc) is 3.37. The highest BCUT2D eigenvalue weighted by Gasteiger charge is 2.30. The molecule has 2 aromatic carbocycles. The maximum Gasteiger partial charge on any atom is 0.278 e. The van der Waals surface area contributed by atoms with Crippen LogP contribution >= 0.6 is 0 Å². The molecule has 4 aromatic rings.